The summed E-state index contributed by atoms with van der Waals surface area (Å²) in [7, 11) is -3.71. The van der Waals surface area contributed by atoms with Crippen LogP contribution in [0, 0.1) is 17.8 Å². The van der Waals surface area contributed by atoms with Crippen molar-refractivity contribution in [2.75, 3.05) is 6.54 Å². The van der Waals surface area contributed by atoms with Crippen molar-refractivity contribution in [3.05, 3.63) is 17.0 Å². The molecule has 2 aliphatic rings. The minimum absolute atomic E-state index is 0.0302. The second-order valence-corrected chi connectivity index (χ2v) is 8.54. The van der Waals surface area contributed by atoms with Crippen molar-refractivity contribution in [2.45, 2.75) is 29.9 Å². The molecule has 3 N–H and O–H groups in total. The van der Waals surface area contributed by atoms with E-state index < -0.39 is 10.0 Å². The molecule has 5 nitrogen and oxygen atoms in total. The van der Waals surface area contributed by atoms with Gasteiger partial charge in [-0.25, -0.2) is 13.6 Å². The largest absolute Gasteiger partial charge is 0.352 e. The summed E-state index contributed by atoms with van der Waals surface area (Å²) in [5.41, 5.74) is 0.377. The molecule has 1 aromatic rings. The van der Waals surface area contributed by atoms with Gasteiger partial charge in [0.15, 0.2) is 0 Å². The summed E-state index contributed by atoms with van der Waals surface area (Å²) in [5, 5.41) is 9.50. The van der Waals surface area contributed by atoms with Gasteiger partial charge in [-0.1, -0.05) is 6.42 Å². The lowest BCUT2D eigenvalue weighted by Gasteiger charge is -2.21. The molecule has 0 aliphatic heterocycles. The van der Waals surface area contributed by atoms with E-state index in [0.29, 0.717) is 18.0 Å². The first-order valence-electron chi connectivity index (χ1n) is 6.83. The van der Waals surface area contributed by atoms with Crippen LogP contribution in [0.25, 0.3) is 0 Å². The average molecular weight is 314 g/mol. The smallest absolute Gasteiger partial charge is 0.252 e. The Morgan fingerprint density at radius 3 is 2.75 bits per heavy atom. The van der Waals surface area contributed by atoms with E-state index in [1.165, 1.54) is 37.1 Å². The van der Waals surface area contributed by atoms with Crippen molar-refractivity contribution in [3.8, 4) is 0 Å². The maximum Gasteiger partial charge on any atom is 0.252 e. The zero-order valence-electron chi connectivity index (χ0n) is 11.0. The second-order valence-electron chi connectivity index (χ2n) is 5.84. The molecule has 7 heteroatoms. The summed E-state index contributed by atoms with van der Waals surface area (Å²) in [5.74, 6) is 2.01. The number of amides is 1. The third-order valence-corrected chi connectivity index (χ3v) is 6.91. The highest BCUT2D eigenvalue weighted by molar-refractivity contribution is 7.91. The number of nitrogens with two attached hydrogens (primary N) is 1. The lowest BCUT2D eigenvalue weighted by molar-refractivity contribution is 0.0942. The molecule has 110 valence electrons. The predicted molar refractivity (Wildman–Crippen MR) is 77.0 cm³/mol. The number of hydrogen-bond acceptors (Lipinski definition) is 4. The SMILES string of the molecule is NS(=O)(=O)c1cc(C(=O)NCC2CC3CCC2C3)cs1. The molecule has 1 heterocycles. The zero-order valence-corrected chi connectivity index (χ0v) is 12.7. The summed E-state index contributed by atoms with van der Waals surface area (Å²) in [6.45, 7) is 0.695. The fourth-order valence-corrected chi connectivity index (χ4v) is 5.12. The van der Waals surface area contributed by atoms with Crippen LogP contribution in [0.15, 0.2) is 15.7 Å². The van der Waals surface area contributed by atoms with Crippen molar-refractivity contribution in [3.63, 3.8) is 0 Å². The molecule has 0 radical (unpaired) electrons. The topological polar surface area (TPSA) is 89.3 Å². The Kier molecular flexibility index (Phi) is 3.60. The average Bonchev–Trinajstić information content (AvgIpc) is 3.09. The molecule has 1 aromatic heterocycles. The summed E-state index contributed by atoms with van der Waals surface area (Å²) >= 11 is 0.981. The third kappa shape index (κ3) is 2.75. The van der Waals surface area contributed by atoms with Crippen LogP contribution in [-0.2, 0) is 10.0 Å². The van der Waals surface area contributed by atoms with Gasteiger partial charge < -0.3 is 5.32 Å². The minimum Gasteiger partial charge on any atom is -0.352 e. The maximum absolute atomic E-state index is 12.0. The Morgan fingerprint density at radius 1 is 1.40 bits per heavy atom. The summed E-state index contributed by atoms with van der Waals surface area (Å²) in [6, 6.07) is 1.34. The number of sulfonamides is 1. The van der Waals surface area contributed by atoms with Gasteiger partial charge in [0, 0.05) is 11.9 Å². The van der Waals surface area contributed by atoms with E-state index in [1.54, 1.807) is 0 Å². The van der Waals surface area contributed by atoms with Crippen LogP contribution in [0.1, 0.15) is 36.0 Å². The highest BCUT2D eigenvalue weighted by atomic mass is 32.2. The molecular weight excluding hydrogens is 296 g/mol. The molecule has 3 unspecified atom stereocenters. The van der Waals surface area contributed by atoms with Gasteiger partial charge in [-0.05, 0) is 43.1 Å². The predicted octanol–water partition coefficient (Wildman–Crippen LogP) is 1.56. The number of rotatable bonds is 4. The van der Waals surface area contributed by atoms with Crippen LogP contribution in [-0.4, -0.2) is 20.9 Å². The quantitative estimate of drug-likeness (QED) is 0.884. The summed E-state index contributed by atoms with van der Waals surface area (Å²) in [4.78, 5) is 12.0. The molecule has 2 bridgehead atoms. The van der Waals surface area contributed by atoms with Crippen LogP contribution in [0.3, 0.4) is 0 Å². The molecule has 3 rings (SSSR count). The van der Waals surface area contributed by atoms with E-state index in [2.05, 4.69) is 5.32 Å². The Morgan fingerprint density at radius 2 is 2.20 bits per heavy atom. The molecule has 2 aliphatic carbocycles. The molecule has 2 saturated carbocycles. The van der Waals surface area contributed by atoms with Crippen LogP contribution in [0.2, 0.25) is 0 Å². The van der Waals surface area contributed by atoms with Gasteiger partial charge in [-0.2, -0.15) is 0 Å². The van der Waals surface area contributed by atoms with Crippen LogP contribution in [0.4, 0.5) is 0 Å². The van der Waals surface area contributed by atoms with E-state index in [4.69, 9.17) is 5.14 Å². The second kappa shape index (κ2) is 5.13. The third-order valence-electron chi connectivity index (χ3n) is 4.53. The summed E-state index contributed by atoms with van der Waals surface area (Å²) in [6.07, 6.45) is 5.17. The highest BCUT2D eigenvalue weighted by Crippen LogP contribution is 2.47. The molecule has 3 atom stereocenters. The van der Waals surface area contributed by atoms with Gasteiger partial charge in [-0.15, -0.1) is 11.3 Å². The Bertz CT molecular complexity index is 623. The molecular formula is C13H18N2O3S2. The van der Waals surface area contributed by atoms with E-state index >= 15 is 0 Å². The van der Waals surface area contributed by atoms with E-state index in [9.17, 15) is 13.2 Å². The number of carbonyl (C=O) groups is 1. The first-order chi connectivity index (χ1) is 9.43. The van der Waals surface area contributed by atoms with Crippen molar-refractivity contribution < 1.29 is 13.2 Å². The Balaban J connectivity index is 1.58. The fraction of sp³-hybridized carbons (Fsp3) is 0.615. The van der Waals surface area contributed by atoms with Crippen molar-refractivity contribution in [1.29, 1.82) is 0 Å². The van der Waals surface area contributed by atoms with E-state index in [-0.39, 0.29) is 10.1 Å². The lowest BCUT2D eigenvalue weighted by atomic mass is 9.89. The highest BCUT2D eigenvalue weighted by Gasteiger charge is 2.39. The molecule has 20 heavy (non-hydrogen) atoms. The Hall–Kier alpha value is -0.920. The van der Waals surface area contributed by atoms with Gasteiger partial charge in [0.05, 0.1) is 5.56 Å². The number of nitrogens with one attached hydrogen (secondary N) is 1. The maximum atomic E-state index is 12.0. The molecule has 0 saturated heterocycles. The van der Waals surface area contributed by atoms with Crippen molar-refractivity contribution in [1.82, 2.24) is 5.32 Å². The molecule has 0 spiro atoms. The standard InChI is InChI=1S/C13H18N2O3S2/c14-20(17,18)12-5-11(7-19-12)13(16)15-6-10-4-8-1-2-9(10)3-8/h5,7-10H,1-4,6H2,(H,15,16)(H2,14,17,18). The van der Waals surface area contributed by atoms with Crippen LogP contribution >= 0.6 is 11.3 Å². The van der Waals surface area contributed by atoms with Crippen molar-refractivity contribution in [2.24, 2.45) is 22.9 Å². The zero-order chi connectivity index (χ0) is 14.3. The number of thiophene rings is 1. The monoisotopic (exact) mass is 314 g/mol. The molecule has 0 aromatic carbocycles. The number of carbonyl (C=O) groups excluding carboxylic acids is 1. The van der Waals surface area contributed by atoms with Gasteiger partial charge in [0.25, 0.3) is 5.91 Å². The van der Waals surface area contributed by atoms with Crippen molar-refractivity contribution >= 4 is 27.3 Å². The number of primary sulfonamides is 1. The van der Waals surface area contributed by atoms with Gasteiger partial charge in [0.2, 0.25) is 10.0 Å². The fourth-order valence-electron chi connectivity index (χ4n) is 3.54. The molecule has 2 fully saturated rings. The normalized spacial score (nSPS) is 28.8. The van der Waals surface area contributed by atoms with Crippen LogP contribution in [0.5, 0.6) is 0 Å². The van der Waals surface area contributed by atoms with Gasteiger partial charge >= 0.3 is 0 Å². The van der Waals surface area contributed by atoms with E-state index in [1.807, 2.05) is 0 Å². The number of fused-ring (bicyclic) bond motifs is 2. The first-order valence-corrected chi connectivity index (χ1v) is 9.25. The number of hydrogen-bond donors (Lipinski definition) is 2. The molecule has 1 amide bonds. The lowest BCUT2D eigenvalue weighted by Crippen LogP contribution is -2.31. The van der Waals surface area contributed by atoms with Gasteiger partial charge in [0.1, 0.15) is 4.21 Å². The van der Waals surface area contributed by atoms with Gasteiger partial charge in [-0.3, -0.25) is 4.79 Å². The summed E-state index contributed by atoms with van der Waals surface area (Å²) < 4.78 is 22.4. The van der Waals surface area contributed by atoms with Crippen LogP contribution < -0.4 is 10.5 Å². The minimum atomic E-state index is -3.71. The first kappa shape index (κ1) is 14.0. The van der Waals surface area contributed by atoms with E-state index in [0.717, 1.165) is 23.2 Å². The Labute approximate surface area is 122 Å².